The monoisotopic (exact) mass is 1130 g/mol. The van der Waals surface area contributed by atoms with Crippen LogP contribution in [-0.4, -0.2) is 89.0 Å². The summed E-state index contributed by atoms with van der Waals surface area (Å²) in [7, 11) is -5.16. The zero-order chi connectivity index (χ0) is 57.6. The molecule has 0 aliphatic rings. The maximum atomic E-state index is 13.4. The number of phosphoric ester groups is 1. The third kappa shape index (κ3) is 52.0. The summed E-state index contributed by atoms with van der Waals surface area (Å²) in [6.45, 7) is 9.00. The van der Waals surface area contributed by atoms with Crippen LogP contribution in [0.15, 0.2) is 0 Å². The van der Waals surface area contributed by atoms with Crippen LogP contribution in [0, 0.1) is 0 Å². The first-order valence-corrected chi connectivity index (χ1v) is 34.1. The van der Waals surface area contributed by atoms with Crippen LogP contribution in [-0.2, 0) is 47.2 Å². The van der Waals surface area contributed by atoms with Gasteiger partial charge in [-0.3, -0.25) is 23.7 Å². The molecule has 0 saturated carbocycles. The molecule has 0 aromatic carbocycles. The van der Waals surface area contributed by atoms with Crippen molar-refractivity contribution in [1.29, 1.82) is 0 Å². The molecule has 0 bridgehead atoms. The maximum Gasteiger partial charge on any atom is 0.470 e. The SMILES string of the molecule is CCCCCCCCCCCCCC(=O)OC(CCCCCCCCCCC)CC(=O)NC(C)COC(CO)[C@H](COC(=O)CC(CCCCCCCCCCC)OC(=O)CCCCCCCCCCCCC)OP(=O)(O)O. The van der Waals surface area contributed by atoms with Gasteiger partial charge in [0.05, 0.1) is 26.1 Å². The minimum Gasteiger partial charge on any atom is -0.463 e. The van der Waals surface area contributed by atoms with Gasteiger partial charge in [0.25, 0.3) is 0 Å². The van der Waals surface area contributed by atoms with Crippen LogP contribution in [0.3, 0.4) is 0 Å². The van der Waals surface area contributed by atoms with E-state index in [1.54, 1.807) is 6.92 Å². The molecule has 0 aromatic rings. The summed E-state index contributed by atoms with van der Waals surface area (Å²) in [4.78, 5) is 72.4. The van der Waals surface area contributed by atoms with Gasteiger partial charge in [-0.05, 0) is 45.4 Å². The summed E-state index contributed by atoms with van der Waals surface area (Å²) in [6.07, 6.45) is 43.3. The van der Waals surface area contributed by atoms with Crippen LogP contribution in [0.5, 0.6) is 0 Å². The third-order valence-electron chi connectivity index (χ3n) is 14.9. The minimum absolute atomic E-state index is 0.0243. The van der Waals surface area contributed by atoms with Gasteiger partial charge in [-0.25, -0.2) is 4.57 Å². The smallest absolute Gasteiger partial charge is 0.463 e. The predicted octanol–water partition coefficient (Wildman–Crippen LogP) is 16.7. The maximum absolute atomic E-state index is 13.4. The molecule has 5 atom stereocenters. The minimum atomic E-state index is -5.16. The number of ether oxygens (including phenoxy) is 4. The molecule has 0 fully saturated rings. The molecule has 0 aliphatic carbocycles. The lowest BCUT2D eigenvalue weighted by Crippen LogP contribution is -2.43. The number of esters is 3. The summed E-state index contributed by atoms with van der Waals surface area (Å²) < 4.78 is 40.2. The normalized spacial score (nSPS) is 13.7. The molecule has 4 N–H and O–H groups in total. The van der Waals surface area contributed by atoms with Gasteiger partial charge in [0.15, 0.2) is 0 Å². The molecule has 78 heavy (non-hydrogen) atoms. The molecule has 462 valence electrons. The molecule has 0 radical (unpaired) electrons. The number of aliphatic hydroxyl groups excluding tert-OH is 1. The quantitative estimate of drug-likeness (QED) is 0.0194. The first-order chi connectivity index (χ1) is 37.8. The highest BCUT2D eigenvalue weighted by atomic mass is 31.2. The van der Waals surface area contributed by atoms with Gasteiger partial charge in [0.2, 0.25) is 5.91 Å². The predicted molar refractivity (Wildman–Crippen MR) is 317 cm³/mol. The lowest BCUT2D eigenvalue weighted by atomic mass is 10.0. The van der Waals surface area contributed by atoms with E-state index in [-0.39, 0.29) is 43.7 Å². The third-order valence-corrected chi connectivity index (χ3v) is 15.4. The van der Waals surface area contributed by atoms with E-state index in [9.17, 15) is 38.6 Å². The molecule has 0 saturated heterocycles. The van der Waals surface area contributed by atoms with E-state index in [0.29, 0.717) is 25.7 Å². The molecule has 14 nitrogen and oxygen atoms in total. The Morgan fingerprint density at radius 2 is 0.744 bits per heavy atom. The van der Waals surface area contributed by atoms with Crippen LogP contribution in [0.25, 0.3) is 0 Å². The summed E-state index contributed by atoms with van der Waals surface area (Å²) in [5, 5.41) is 13.2. The lowest BCUT2D eigenvalue weighted by Gasteiger charge is -2.27. The van der Waals surface area contributed by atoms with Gasteiger partial charge >= 0.3 is 25.7 Å². The number of phosphoric acid groups is 1. The van der Waals surface area contributed by atoms with Gasteiger partial charge in [0.1, 0.15) is 31.0 Å². The molecule has 0 aromatic heterocycles. The summed E-state index contributed by atoms with van der Waals surface area (Å²) in [6, 6.07) is -0.619. The molecule has 0 heterocycles. The van der Waals surface area contributed by atoms with Crippen molar-refractivity contribution < 1.29 is 62.1 Å². The van der Waals surface area contributed by atoms with Gasteiger partial charge in [-0.2, -0.15) is 0 Å². The number of nitrogens with one attached hydrogen (secondary N) is 1. The molecule has 15 heteroatoms. The second-order valence-electron chi connectivity index (χ2n) is 22.8. The zero-order valence-electron chi connectivity index (χ0n) is 50.9. The number of rotatable bonds is 60. The first-order valence-electron chi connectivity index (χ1n) is 32.6. The van der Waals surface area contributed by atoms with Gasteiger partial charge < -0.3 is 39.2 Å². The molecule has 4 unspecified atom stereocenters. The fourth-order valence-electron chi connectivity index (χ4n) is 10.1. The summed E-state index contributed by atoms with van der Waals surface area (Å²) in [5.74, 6) is -1.73. The van der Waals surface area contributed by atoms with Crippen LogP contribution >= 0.6 is 7.82 Å². The van der Waals surface area contributed by atoms with E-state index in [1.165, 1.54) is 167 Å². The van der Waals surface area contributed by atoms with Crippen molar-refractivity contribution >= 4 is 31.6 Å². The zero-order valence-corrected chi connectivity index (χ0v) is 51.8. The van der Waals surface area contributed by atoms with Crippen LogP contribution in [0.2, 0.25) is 0 Å². The number of carbonyl (C=O) groups excluding carboxylic acids is 4. The van der Waals surface area contributed by atoms with E-state index in [2.05, 4.69) is 33.0 Å². The number of amides is 1. The molecular formula is C63H122NO13P. The number of hydrogen-bond donors (Lipinski definition) is 4. The highest BCUT2D eigenvalue weighted by Crippen LogP contribution is 2.39. The number of carbonyl (C=O) groups is 4. The summed E-state index contributed by atoms with van der Waals surface area (Å²) >= 11 is 0. The van der Waals surface area contributed by atoms with Crippen molar-refractivity contribution in [3.63, 3.8) is 0 Å². The Hall–Kier alpha value is -2.09. The molecule has 1 amide bonds. The Morgan fingerprint density at radius 1 is 0.423 bits per heavy atom. The highest BCUT2D eigenvalue weighted by molar-refractivity contribution is 7.46. The van der Waals surface area contributed by atoms with Crippen molar-refractivity contribution in [2.24, 2.45) is 0 Å². The summed E-state index contributed by atoms with van der Waals surface area (Å²) in [5.41, 5.74) is 0. The van der Waals surface area contributed by atoms with E-state index in [0.717, 1.165) is 83.5 Å². The second kappa shape index (κ2) is 55.4. The van der Waals surface area contributed by atoms with Gasteiger partial charge in [0, 0.05) is 18.9 Å². The van der Waals surface area contributed by atoms with E-state index >= 15 is 0 Å². The number of unbranched alkanes of at least 4 members (excludes halogenated alkanes) is 36. The Balaban J connectivity index is 5.41. The molecular weight excluding hydrogens is 1010 g/mol. The Labute approximate surface area is 477 Å². The Morgan fingerprint density at radius 3 is 1.08 bits per heavy atom. The van der Waals surface area contributed by atoms with E-state index in [1.807, 2.05) is 0 Å². The van der Waals surface area contributed by atoms with Crippen molar-refractivity contribution in [2.75, 3.05) is 19.8 Å². The average Bonchev–Trinajstić information content (AvgIpc) is 3.39. The van der Waals surface area contributed by atoms with E-state index in [4.69, 9.17) is 23.5 Å². The van der Waals surface area contributed by atoms with Crippen molar-refractivity contribution in [3.05, 3.63) is 0 Å². The van der Waals surface area contributed by atoms with Gasteiger partial charge in [-0.1, -0.05) is 259 Å². The topological polar surface area (TPSA) is 204 Å². The average molecular weight is 1130 g/mol. The van der Waals surface area contributed by atoms with Crippen molar-refractivity contribution in [2.45, 2.75) is 360 Å². The standard InChI is InChI=1S/C63H122NO13P/c1-6-10-14-18-22-26-28-32-36-40-44-48-61(67)75-56(46-42-38-34-30-24-20-16-12-8-3)50-60(66)64-55(5)53-73-58(52-65)59(77-78(70,71)72)54-74-63(69)51-57(47-43-39-35-31-25-21-17-13-9-4)76-62(68)49-45-41-37-33-29-27-23-19-15-11-7-2/h55-59,65H,6-54H2,1-5H3,(H,64,66)(H2,70,71,72)/t55?,56?,57?,58?,59-/m0/s1. The van der Waals surface area contributed by atoms with E-state index < -0.39 is 57.5 Å². The molecule has 0 rings (SSSR count). The fourth-order valence-corrected chi connectivity index (χ4v) is 10.6. The largest absolute Gasteiger partial charge is 0.470 e. The lowest BCUT2D eigenvalue weighted by molar-refractivity contribution is -0.160. The molecule has 0 spiro atoms. The van der Waals surface area contributed by atoms with Crippen LogP contribution in [0.4, 0.5) is 0 Å². The van der Waals surface area contributed by atoms with Crippen molar-refractivity contribution in [3.8, 4) is 0 Å². The Bertz CT molecular complexity index is 1430. The first kappa shape index (κ1) is 75.9. The number of aliphatic hydroxyl groups is 1. The van der Waals surface area contributed by atoms with Crippen LogP contribution in [0.1, 0.15) is 330 Å². The van der Waals surface area contributed by atoms with Gasteiger partial charge in [-0.15, -0.1) is 0 Å². The Kier molecular flexibility index (Phi) is 54.0. The fraction of sp³-hybridized carbons (Fsp3) is 0.937. The van der Waals surface area contributed by atoms with Crippen molar-refractivity contribution in [1.82, 2.24) is 5.32 Å². The van der Waals surface area contributed by atoms with Crippen LogP contribution < -0.4 is 5.32 Å². The highest BCUT2D eigenvalue weighted by Gasteiger charge is 2.32. The number of hydrogen-bond acceptors (Lipinski definition) is 11. The molecule has 0 aliphatic heterocycles. The second-order valence-corrected chi connectivity index (χ2v) is 24.0.